The van der Waals surface area contributed by atoms with Crippen molar-refractivity contribution < 1.29 is 24.2 Å². The lowest BCUT2D eigenvalue weighted by molar-refractivity contribution is -0.137. The number of aryl methyl sites for hydroxylation is 1. The summed E-state index contributed by atoms with van der Waals surface area (Å²) in [6, 6.07) is 8.75. The van der Waals surface area contributed by atoms with Crippen LogP contribution in [0.1, 0.15) is 67.6 Å². The molecule has 0 spiro atoms. The average molecular weight is 506 g/mol. The fourth-order valence-corrected chi connectivity index (χ4v) is 5.62. The number of nitrogens with zero attached hydrogens (tertiary/aromatic N) is 3. The van der Waals surface area contributed by atoms with Crippen LogP contribution in [0.3, 0.4) is 0 Å². The van der Waals surface area contributed by atoms with Crippen LogP contribution in [0.15, 0.2) is 35.4 Å². The fraction of sp³-hybridized carbons (Fsp3) is 0.483. The van der Waals surface area contributed by atoms with Crippen LogP contribution in [0, 0.1) is 12.3 Å². The van der Waals surface area contributed by atoms with Crippen LogP contribution in [0.25, 0.3) is 0 Å². The van der Waals surface area contributed by atoms with E-state index in [-0.39, 0.29) is 29.2 Å². The zero-order chi connectivity index (χ0) is 26.7. The summed E-state index contributed by atoms with van der Waals surface area (Å²) >= 11 is 0. The Morgan fingerprint density at radius 3 is 2.51 bits per heavy atom. The van der Waals surface area contributed by atoms with Crippen molar-refractivity contribution in [1.29, 1.82) is 0 Å². The maximum Gasteiger partial charge on any atom is 0.254 e. The SMILES string of the molecule is COc1cc(C2=NN(C3CCN(C(=O)c4cc(O)ccc4C)CC3)C(=O)C2(C)C)cc2c1OC(C)(C)C2. The molecule has 2 amide bonds. The number of hydrogen-bond acceptors (Lipinski definition) is 6. The molecular formula is C29H35N3O5. The highest BCUT2D eigenvalue weighted by molar-refractivity contribution is 6.19. The lowest BCUT2D eigenvalue weighted by Crippen LogP contribution is -2.47. The summed E-state index contributed by atoms with van der Waals surface area (Å²) in [5.74, 6) is 1.35. The zero-order valence-electron chi connectivity index (χ0n) is 22.4. The first kappa shape index (κ1) is 25.1. The first-order valence-corrected chi connectivity index (χ1v) is 12.8. The summed E-state index contributed by atoms with van der Waals surface area (Å²) in [5.41, 5.74) is 2.87. The molecule has 8 heteroatoms. The van der Waals surface area contributed by atoms with E-state index < -0.39 is 5.41 Å². The Hall–Kier alpha value is -3.55. The number of likely N-dealkylation sites (tertiary alicyclic amines) is 1. The van der Waals surface area contributed by atoms with Gasteiger partial charge in [-0.3, -0.25) is 9.59 Å². The third-order valence-electron chi connectivity index (χ3n) is 7.71. The topological polar surface area (TPSA) is 91.7 Å². The number of phenols is 1. The summed E-state index contributed by atoms with van der Waals surface area (Å²) in [4.78, 5) is 28.4. The molecule has 0 aromatic heterocycles. The van der Waals surface area contributed by atoms with E-state index in [2.05, 4.69) is 6.07 Å². The van der Waals surface area contributed by atoms with E-state index in [4.69, 9.17) is 14.6 Å². The molecular weight excluding hydrogens is 470 g/mol. The molecule has 5 rings (SSSR count). The molecule has 3 heterocycles. The Bertz CT molecular complexity index is 1300. The first-order chi connectivity index (χ1) is 17.4. The quantitative estimate of drug-likeness (QED) is 0.669. The number of carbonyl (C=O) groups excluding carboxylic acids is 2. The van der Waals surface area contributed by atoms with Gasteiger partial charge in [0, 0.05) is 36.2 Å². The third kappa shape index (κ3) is 4.32. The van der Waals surface area contributed by atoms with Crippen molar-refractivity contribution in [2.24, 2.45) is 10.5 Å². The van der Waals surface area contributed by atoms with E-state index in [1.165, 1.54) is 6.07 Å². The van der Waals surface area contributed by atoms with Gasteiger partial charge in [0.2, 0.25) is 0 Å². The molecule has 37 heavy (non-hydrogen) atoms. The van der Waals surface area contributed by atoms with Crippen LogP contribution < -0.4 is 9.47 Å². The molecule has 1 saturated heterocycles. The van der Waals surface area contributed by atoms with Gasteiger partial charge in [0.1, 0.15) is 11.4 Å². The zero-order valence-corrected chi connectivity index (χ0v) is 22.4. The van der Waals surface area contributed by atoms with E-state index in [1.807, 2.05) is 40.7 Å². The third-order valence-corrected chi connectivity index (χ3v) is 7.71. The van der Waals surface area contributed by atoms with Crippen molar-refractivity contribution in [1.82, 2.24) is 9.91 Å². The number of phenolic OH excluding ortho intramolecular Hbond substituents is 1. The molecule has 2 aromatic carbocycles. The highest BCUT2D eigenvalue weighted by atomic mass is 16.5. The van der Waals surface area contributed by atoms with Gasteiger partial charge in [-0.15, -0.1) is 0 Å². The van der Waals surface area contributed by atoms with Gasteiger partial charge in [-0.05, 0) is 77.3 Å². The Morgan fingerprint density at radius 1 is 1.14 bits per heavy atom. The molecule has 3 aliphatic rings. The maximum absolute atomic E-state index is 13.6. The van der Waals surface area contributed by atoms with Crippen LogP contribution in [0.4, 0.5) is 0 Å². The maximum atomic E-state index is 13.6. The summed E-state index contributed by atoms with van der Waals surface area (Å²) in [5, 5.41) is 16.3. The molecule has 8 nitrogen and oxygen atoms in total. The minimum absolute atomic E-state index is 0.0350. The molecule has 0 aliphatic carbocycles. The first-order valence-electron chi connectivity index (χ1n) is 12.8. The number of methoxy groups -OCH3 is 1. The molecule has 1 N–H and O–H groups in total. The van der Waals surface area contributed by atoms with Gasteiger partial charge in [-0.2, -0.15) is 5.10 Å². The van der Waals surface area contributed by atoms with Crippen LogP contribution in [0.2, 0.25) is 0 Å². The fourth-order valence-electron chi connectivity index (χ4n) is 5.62. The monoisotopic (exact) mass is 505 g/mol. The van der Waals surface area contributed by atoms with E-state index in [0.717, 1.165) is 34.6 Å². The number of benzene rings is 2. The molecule has 0 atom stereocenters. The van der Waals surface area contributed by atoms with Gasteiger partial charge in [0.15, 0.2) is 11.5 Å². The van der Waals surface area contributed by atoms with Crippen LogP contribution in [0.5, 0.6) is 17.2 Å². The number of aromatic hydroxyl groups is 1. The predicted molar refractivity (Wildman–Crippen MR) is 140 cm³/mol. The van der Waals surface area contributed by atoms with Crippen molar-refractivity contribution in [3.8, 4) is 17.2 Å². The van der Waals surface area contributed by atoms with Crippen molar-refractivity contribution >= 4 is 17.5 Å². The van der Waals surface area contributed by atoms with Crippen LogP contribution >= 0.6 is 0 Å². The van der Waals surface area contributed by atoms with E-state index in [9.17, 15) is 14.7 Å². The molecule has 3 aliphatic heterocycles. The highest BCUT2D eigenvalue weighted by Crippen LogP contribution is 2.45. The molecule has 0 bridgehead atoms. The summed E-state index contributed by atoms with van der Waals surface area (Å²) in [7, 11) is 1.63. The molecule has 2 aromatic rings. The lowest BCUT2D eigenvalue weighted by atomic mass is 9.82. The van der Waals surface area contributed by atoms with E-state index in [0.29, 0.717) is 37.2 Å². The Balaban J connectivity index is 1.37. The number of carbonyl (C=O) groups is 2. The largest absolute Gasteiger partial charge is 0.508 e. The second-order valence-electron chi connectivity index (χ2n) is 11.5. The van der Waals surface area contributed by atoms with Gasteiger partial charge in [0.25, 0.3) is 11.8 Å². The number of fused-ring (bicyclic) bond motifs is 1. The van der Waals surface area contributed by atoms with Gasteiger partial charge >= 0.3 is 0 Å². The normalized spacial score (nSPS) is 20.5. The summed E-state index contributed by atoms with van der Waals surface area (Å²) in [6.07, 6.45) is 2.03. The number of ether oxygens (including phenoxy) is 2. The molecule has 0 radical (unpaired) electrons. The van der Waals surface area contributed by atoms with Crippen LogP contribution in [-0.2, 0) is 11.2 Å². The standard InChI is InChI=1S/C29H35N3O5/c1-17-7-8-21(33)15-22(17)26(34)31-11-9-20(10-12-31)32-27(35)29(4,5)25(30-32)18-13-19-16-28(2,3)37-24(19)23(14-18)36-6/h7-8,13-15,20,33H,9-12,16H2,1-6H3. The van der Waals surface area contributed by atoms with Crippen molar-refractivity contribution in [3.05, 3.63) is 52.6 Å². The minimum Gasteiger partial charge on any atom is -0.508 e. The number of hydrogen-bond donors (Lipinski definition) is 1. The molecule has 0 saturated carbocycles. The van der Waals surface area contributed by atoms with E-state index in [1.54, 1.807) is 29.2 Å². The number of amides is 2. The van der Waals surface area contributed by atoms with Crippen LogP contribution in [-0.4, -0.2) is 64.4 Å². The molecule has 1 fully saturated rings. The Morgan fingerprint density at radius 2 is 1.84 bits per heavy atom. The second kappa shape index (κ2) is 8.78. The Kier molecular flexibility index (Phi) is 5.96. The number of piperidine rings is 1. The molecule has 196 valence electrons. The summed E-state index contributed by atoms with van der Waals surface area (Å²) < 4.78 is 11.8. The van der Waals surface area contributed by atoms with Crippen molar-refractivity contribution in [2.75, 3.05) is 20.2 Å². The van der Waals surface area contributed by atoms with Gasteiger partial charge < -0.3 is 19.5 Å². The van der Waals surface area contributed by atoms with E-state index >= 15 is 0 Å². The minimum atomic E-state index is -0.792. The van der Waals surface area contributed by atoms with Gasteiger partial charge in [-0.25, -0.2) is 5.01 Å². The molecule has 0 unspecified atom stereocenters. The van der Waals surface area contributed by atoms with Crippen molar-refractivity contribution in [3.63, 3.8) is 0 Å². The number of hydrazone groups is 1. The highest BCUT2D eigenvalue weighted by Gasteiger charge is 2.47. The predicted octanol–water partition coefficient (Wildman–Crippen LogP) is 4.30. The summed E-state index contributed by atoms with van der Waals surface area (Å²) in [6.45, 7) is 10.8. The lowest BCUT2D eigenvalue weighted by Gasteiger charge is -2.35. The van der Waals surface area contributed by atoms with Gasteiger partial charge in [-0.1, -0.05) is 6.07 Å². The second-order valence-corrected chi connectivity index (χ2v) is 11.5. The number of rotatable bonds is 4. The van der Waals surface area contributed by atoms with Gasteiger partial charge in [0.05, 0.1) is 24.3 Å². The average Bonchev–Trinajstić information content (AvgIpc) is 3.30. The Labute approximate surface area is 217 Å². The smallest absolute Gasteiger partial charge is 0.254 e. The van der Waals surface area contributed by atoms with Crippen molar-refractivity contribution in [2.45, 2.75) is 65.5 Å².